The molecule has 70 valence electrons. The quantitative estimate of drug-likeness (QED) is 0.368. The van der Waals surface area contributed by atoms with Gasteiger partial charge in [0.2, 0.25) is 0 Å². The van der Waals surface area contributed by atoms with Gasteiger partial charge in [-0.1, -0.05) is 20.8 Å². The van der Waals surface area contributed by atoms with Crippen LogP contribution in [0.4, 0.5) is 0 Å². The van der Waals surface area contributed by atoms with Gasteiger partial charge in [0.25, 0.3) is 5.91 Å². The van der Waals surface area contributed by atoms with E-state index in [0.717, 1.165) is 0 Å². The third-order valence-corrected chi connectivity index (χ3v) is 1.39. The normalized spacial score (nSPS) is 10.8. The molecule has 0 saturated heterocycles. The Balaban J connectivity index is 4.12. The predicted molar refractivity (Wildman–Crippen MR) is 48.7 cm³/mol. The minimum absolute atomic E-state index is 0.0498. The summed E-state index contributed by atoms with van der Waals surface area (Å²) in [5.41, 5.74) is 2.25. The number of nitrogens with zero attached hydrogens (tertiary/aromatic N) is 2. The molecule has 0 radical (unpaired) electrons. The van der Waals surface area contributed by atoms with Gasteiger partial charge in [0.05, 0.1) is 14.1 Å². The van der Waals surface area contributed by atoms with E-state index in [4.69, 9.17) is 0 Å². The van der Waals surface area contributed by atoms with Crippen molar-refractivity contribution in [2.45, 2.75) is 20.8 Å². The third-order valence-electron chi connectivity index (χ3n) is 1.39. The van der Waals surface area contributed by atoms with E-state index in [1.54, 1.807) is 19.1 Å². The lowest BCUT2D eigenvalue weighted by Gasteiger charge is -2.16. The van der Waals surface area contributed by atoms with E-state index < -0.39 is 0 Å². The Morgan fingerprint density at radius 2 is 1.83 bits per heavy atom. The molecule has 0 unspecified atom stereocenters. The first kappa shape index (κ1) is 10.9. The number of hydrogen-bond acceptors (Lipinski definition) is 2. The van der Waals surface area contributed by atoms with Crippen LogP contribution in [0.5, 0.6) is 0 Å². The second kappa shape index (κ2) is 3.56. The molecule has 1 N–H and O–H groups in total. The van der Waals surface area contributed by atoms with E-state index in [-0.39, 0.29) is 11.3 Å². The van der Waals surface area contributed by atoms with E-state index in [9.17, 15) is 4.79 Å². The summed E-state index contributed by atoms with van der Waals surface area (Å²) in [5.74, 6) is -0.0498. The highest BCUT2D eigenvalue weighted by atomic mass is 16.2. The lowest BCUT2D eigenvalue weighted by molar-refractivity contribution is -0.709. The maximum atomic E-state index is 11.4. The molecule has 0 aromatic heterocycles. The molecule has 0 fully saturated rings. The first-order valence-corrected chi connectivity index (χ1v) is 3.84. The van der Waals surface area contributed by atoms with Gasteiger partial charge in [0, 0.05) is 5.41 Å². The van der Waals surface area contributed by atoms with Crippen molar-refractivity contribution >= 4 is 12.6 Å². The number of amides is 1. The molecule has 1 amide bonds. The van der Waals surface area contributed by atoms with Crippen LogP contribution in [0.2, 0.25) is 0 Å². The number of nitrogens with one attached hydrogen (secondary N) is 1. The largest absolute Gasteiger partial charge is 0.282 e. The molecule has 0 rings (SSSR count). The van der Waals surface area contributed by atoms with Crippen LogP contribution in [0.3, 0.4) is 0 Å². The molecule has 12 heavy (non-hydrogen) atoms. The highest BCUT2D eigenvalue weighted by molar-refractivity contribution is 5.80. The molecular formula is C8H18N3O+. The molecule has 0 bridgehead atoms. The zero-order chi connectivity index (χ0) is 9.94. The Labute approximate surface area is 73.8 Å². The average molecular weight is 172 g/mol. The van der Waals surface area contributed by atoms with Crippen LogP contribution in [0.1, 0.15) is 20.8 Å². The fourth-order valence-electron chi connectivity index (χ4n) is 0.385. The average Bonchev–Trinajstić information content (AvgIpc) is 1.85. The van der Waals surface area contributed by atoms with E-state index >= 15 is 0 Å². The van der Waals surface area contributed by atoms with Gasteiger partial charge >= 0.3 is 0 Å². The molecule has 4 heteroatoms. The topological polar surface area (TPSA) is 35.4 Å². The summed E-state index contributed by atoms with van der Waals surface area (Å²) >= 11 is 0. The number of hydrogen-bond donors (Lipinski definition) is 1. The Kier molecular flexibility index (Phi) is 3.24. The van der Waals surface area contributed by atoms with Crippen molar-refractivity contribution in [1.82, 2.24) is 10.4 Å². The molecule has 0 saturated carbocycles. The summed E-state index contributed by atoms with van der Waals surface area (Å²) in [5, 5.41) is 1.68. The van der Waals surface area contributed by atoms with Crippen LogP contribution in [-0.2, 0) is 4.79 Å². The van der Waals surface area contributed by atoms with Crippen molar-refractivity contribution in [3.05, 3.63) is 0 Å². The predicted octanol–water partition coefficient (Wildman–Crippen LogP) is 0.253. The van der Waals surface area contributed by atoms with E-state index in [1.807, 2.05) is 20.8 Å². The van der Waals surface area contributed by atoms with E-state index in [0.29, 0.717) is 0 Å². The molecule has 0 aliphatic carbocycles. The second-order valence-electron chi connectivity index (χ2n) is 3.94. The Hall–Kier alpha value is -1.06. The molecule has 0 aromatic carbocycles. The molecule has 0 aliphatic heterocycles. The molecule has 0 heterocycles. The number of hydrazone groups is 2. The zero-order valence-corrected chi connectivity index (χ0v) is 8.51. The maximum Gasteiger partial charge on any atom is 0.282 e. The highest BCUT2D eigenvalue weighted by Gasteiger charge is 2.25. The van der Waals surface area contributed by atoms with Crippen LogP contribution in [0.15, 0.2) is 0 Å². The summed E-state index contributed by atoms with van der Waals surface area (Å²) in [7, 11) is 3.60. The summed E-state index contributed by atoms with van der Waals surface area (Å²) in [6, 6.07) is 0. The molecule has 0 atom stereocenters. The molecule has 0 aliphatic rings. The van der Waals surface area contributed by atoms with Crippen LogP contribution in [-0.4, -0.2) is 36.5 Å². The Morgan fingerprint density at radius 1 is 1.42 bits per heavy atom. The number of carbonyl (C=O) groups excluding carboxylic acids is 1. The lowest BCUT2D eigenvalue weighted by Crippen LogP contribution is -2.46. The fraction of sp³-hybridized carbons (Fsp3) is 0.750. The molecular weight excluding hydrogens is 154 g/mol. The van der Waals surface area contributed by atoms with Gasteiger partial charge in [-0.25, -0.2) is 0 Å². The summed E-state index contributed by atoms with van der Waals surface area (Å²) in [6.07, 6.45) is 0. The smallest absolute Gasteiger partial charge is 0.269 e. The van der Waals surface area contributed by atoms with Crippen molar-refractivity contribution in [2.75, 3.05) is 14.1 Å². The van der Waals surface area contributed by atoms with E-state index in [2.05, 4.69) is 12.1 Å². The fourth-order valence-corrected chi connectivity index (χ4v) is 0.385. The number of rotatable bonds is 2. The first-order chi connectivity index (χ1) is 5.25. The van der Waals surface area contributed by atoms with Crippen LogP contribution < -0.4 is 5.43 Å². The SMILES string of the molecule is C=[N+](NC(=O)C(C)(C)C)N(C)C. The van der Waals surface area contributed by atoms with Crippen molar-refractivity contribution < 1.29 is 9.59 Å². The van der Waals surface area contributed by atoms with Crippen molar-refractivity contribution in [2.24, 2.45) is 5.41 Å². The second-order valence-corrected chi connectivity index (χ2v) is 3.94. The molecule has 0 spiro atoms. The maximum absolute atomic E-state index is 11.4. The monoisotopic (exact) mass is 172 g/mol. The van der Waals surface area contributed by atoms with Gasteiger partial charge in [-0.3, -0.25) is 4.79 Å². The zero-order valence-electron chi connectivity index (χ0n) is 8.51. The summed E-state index contributed by atoms with van der Waals surface area (Å²) < 4.78 is 0. The summed E-state index contributed by atoms with van der Waals surface area (Å²) in [6.45, 7) is 9.18. The van der Waals surface area contributed by atoms with E-state index in [1.165, 1.54) is 4.79 Å². The van der Waals surface area contributed by atoms with Gasteiger partial charge in [-0.15, -0.1) is 5.43 Å². The molecule has 0 aromatic rings. The van der Waals surface area contributed by atoms with Crippen LogP contribution in [0, 0.1) is 5.41 Å². The lowest BCUT2D eigenvalue weighted by atomic mass is 9.96. The van der Waals surface area contributed by atoms with Gasteiger partial charge in [-0.2, -0.15) is 5.01 Å². The van der Waals surface area contributed by atoms with Crippen LogP contribution >= 0.6 is 0 Å². The number of hydrazine groups is 2. The minimum atomic E-state index is -0.383. The van der Waals surface area contributed by atoms with Crippen molar-refractivity contribution in [3.8, 4) is 0 Å². The number of carbonyl (C=O) groups is 1. The van der Waals surface area contributed by atoms with Gasteiger partial charge in [0.15, 0.2) is 6.72 Å². The highest BCUT2D eigenvalue weighted by Crippen LogP contribution is 2.11. The van der Waals surface area contributed by atoms with Crippen LogP contribution in [0.25, 0.3) is 0 Å². The Morgan fingerprint density at radius 3 is 2.08 bits per heavy atom. The van der Waals surface area contributed by atoms with Gasteiger partial charge < -0.3 is 0 Å². The van der Waals surface area contributed by atoms with Crippen molar-refractivity contribution in [3.63, 3.8) is 0 Å². The summed E-state index contributed by atoms with van der Waals surface area (Å²) in [4.78, 5) is 12.8. The standard InChI is InChI=1S/C8H17N3O/c1-8(2,3)7(12)9-11(6)10(4)5/h6H2,1-5H3/p+1. The Bertz CT molecular complexity index is 191. The van der Waals surface area contributed by atoms with Gasteiger partial charge in [0.1, 0.15) is 0 Å². The van der Waals surface area contributed by atoms with Gasteiger partial charge in [-0.05, 0) is 4.79 Å². The first-order valence-electron chi connectivity index (χ1n) is 3.84. The van der Waals surface area contributed by atoms with Crippen molar-refractivity contribution in [1.29, 1.82) is 0 Å². The third kappa shape index (κ3) is 3.37. The minimum Gasteiger partial charge on any atom is -0.269 e. The molecule has 4 nitrogen and oxygen atoms in total.